The van der Waals surface area contributed by atoms with Gasteiger partial charge in [0.1, 0.15) is 16.2 Å². The van der Waals surface area contributed by atoms with Gasteiger partial charge in [-0.25, -0.2) is 19.9 Å². The lowest BCUT2D eigenvalue weighted by Gasteiger charge is -2.11. The molecule has 0 atom stereocenters. The molecule has 252 valence electrons. The van der Waals surface area contributed by atoms with Crippen LogP contribution in [0.5, 0.6) is 0 Å². The van der Waals surface area contributed by atoms with Crippen molar-refractivity contribution in [3.8, 4) is 55.9 Å². The summed E-state index contributed by atoms with van der Waals surface area (Å²) in [5, 5.41) is 7.55. The molecule has 54 heavy (non-hydrogen) atoms. The number of benzene rings is 8. The molecule has 0 saturated heterocycles. The van der Waals surface area contributed by atoms with Gasteiger partial charge in [0.05, 0.1) is 15.8 Å². The Labute approximate surface area is 313 Å². The molecule has 0 aliphatic heterocycles. The first-order chi connectivity index (χ1) is 26.7. The van der Waals surface area contributed by atoms with Crippen molar-refractivity contribution in [2.75, 3.05) is 0 Å². The van der Waals surface area contributed by atoms with E-state index in [1.807, 2.05) is 24.3 Å². The van der Waals surface area contributed by atoms with Crippen molar-refractivity contribution >= 4 is 65.0 Å². The molecule has 5 nitrogen and oxygen atoms in total. The van der Waals surface area contributed by atoms with Gasteiger partial charge in [0, 0.05) is 33.5 Å². The van der Waals surface area contributed by atoms with E-state index < -0.39 is 0 Å². The Hall–Kier alpha value is -7.02. The Morgan fingerprint density at radius 1 is 0.389 bits per heavy atom. The number of hydrogen-bond donors (Lipinski definition) is 0. The van der Waals surface area contributed by atoms with E-state index in [0.29, 0.717) is 17.5 Å². The van der Waals surface area contributed by atoms with Gasteiger partial charge in [-0.3, -0.25) is 0 Å². The lowest BCUT2D eigenvalue weighted by atomic mass is 10.0. The van der Waals surface area contributed by atoms with Crippen LogP contribution in [0, 0.1) is 0 Å². The fraction of sp³-hybridized carbons (Fsp3) is 0. The van der Waals surface area contributed by atoms with Crippen molar-refractivity contribution in [1.29, 1.82) is 0 Å². The molecular formula is C48H28N4OS. The van der Waals surface area contributed by atoms with Gasteiger partial charge in [-0.1, -0.05) is 140 Å². The smallest absolute Gasteiger partial charge is 0.166 e. The van der Waals surface area contributed by atoms with Gasteiger partial charge in [0.2, 0.25) is 0 Å². The highest BCUT2D eigenvalue weighted by Crippen LogP contribution is 2.45. The summed E-state index contributed by atoms with van der Waals surface area (Å²) >= 11 is 1.66. The third-order valence-corrected chi connectivity index (χ3v) is 11.2. The molecule has 0 radical (unpaired) electrons. The largest absolute Gasteiger partial charge is 0.456 e. The third-order valence-electron chi connectivity index (χ3n) is 10.1. The summed E-state index contributed by atoms with van der Waals surface area (Å²) in [6, 6.07) is 58.7. The number of rotatable bonds is 5. The van der Waals surface area contributed by atoms with E-state index >= 15 is 0 Å². The zero-order chi connectivity index (χ0) is 35.6. The second-order valence-electron chi connectivity index (χ2n) is 13.5. The fourth-order valence-corrected chi connectivity index (χ4v) is 8.56. The Bertz CT molecular complexity index is 3240. The summed E-state index contributed by atoms with van der Waals surface area (Å²) < 4.78 is 7.53. The summed E-state index contributed by atoms with van der Waals surface area (Å²) in [6.45, 7) is 0. The first-order valence-corrected chi connectivity index (χ1v) is 18.7. The van der Waals surface area contributed by atoms with E-state index in [4.69, 9.17) is 24.4 Å². The minimum atomic E-state index is 0.573. The highest BCUT2D eigenvalue weighted by molar-refractivity contribution is 7.22. The van der Waals surface area contributed by atoms with Gasteiger partial charge >= 0.3 is 0 Å². The SMILES string of the molecule is c1ccc(-c2cccc(-c3nc(-c4ccc5ccccc5c4)nc(-c4c5sc(-c6ccc7ccccc7c6)nc5cc5oc6ccccc6c45)n3)c2)cc1. The molecule has 0 amide bonds. The number of aromatic nitrogens is 4. The maximum Gasteiger partial charge on any atom is 0.166 e. The normalized spacial score (nSPS) is 11.7. The predicted octanol–water partition coefficient (Wildman–Crippen LogP) is 13.0. The molecule has 0 fully saturated rings. The van der Waals surface area contributed by atoms with Gasteiger partial charge in [0.25, 0.3) is 0 Å². The van der Waals surface area contributed by atoms with E-state index in [-0.39, 0.29) is 0 Å². The van der Waals surface area contributed by atoms with Crippen LogP contribution in [0.15, 0.2) is 174 Å². The van der Waals surface area contributed by atoms with Crippen molar-refractivity contribution in [3.63, 3.8) is 0 Å². The lowest BCUT2D eigenvalue weighted by molar-refractivity contribution is 0.669. The van der Waals surface area contributed by atoms with Crippen LogP contribution in [0.1, 0.15) is 0 Å². The molecule has 0 N–H and O–H groups in total. The summed E-state index contributed by atoms with van der Waals surface area (Å²) in [4.78, 5) is 21.0. The highest BCUT2D eigenvalue weighted by Gasteiger charge is 2.24. The number of para-hydroxylation sites is 1. The second-order valence-corrected chi connectivity index (χ2v) is 14.5. The first kappa shape index (κ1) is 30.6. The summed E-state index contributed by atoms with van der Waals surface area (Å²) in [5.74, 6) is 1.77. The third kappa shape index (κ3) is 5.15. The fourth-order valence-electron chi connectivity index (χ4n) is 7.47. The summed E-state index contributed by atoms with van der Waals surface area (Å²) in [5.41, 5.74) is 8.39. The molecule has 6 heteroatoms. The molecule has 0 saturated carbocycles. The Kier molecular flexibility index (Phi) is 6.97. The molecule has 3 aromatic heterocycles. The van der Waals surface area contributed by atoms with E-state index in [2.05, 4.69) is 146 Å². The van der Waals surface area contributed by atoms with Crippen LogP contribution in [0.3, 0.4) is 0 Å². The lowest BCUT2D eigenvalue weighted by Crippen LogP contribution is -2.01. The summed E-state index contributed by atoms with van der Waals surface area (Å²) in [7, 11) is 0. The monoisotopic (exact) mass is 708 g/mol. The zero-order valence-corrected chi connectivity index (χ0v) is 29.6. The van der Waals surface area contributed by atoms with E-state index in [9.17, 15) is 0 Å². The van der Waals surface area contributed by atoms with Gasteiger partial charge in [-0.2, -0.15) is 0 Å². The van der Waals surface area contributed by atoms with Crippen LogP contribution < -0.4 is 0 Å². The Morgan fingerprint density at radius 3 is 1.76 bits per heavy atom. The molecule has 0 aliphatic rings. The van der Waals surface area contributed by atoms with Crippen molar-refractivity contribution in [1.82, 2.24) is 19.9 Å². The first-order valence-electron chi connectivity index (χ1n) is 17.9. The molecule has 0 spiro atoms. The minimum Gasteiger partial charge on any atom is -0.456 e. The number of furan rings is 1. The average molecular weight is 709 g/mol. The van der Waals surface area contributed by atoms with Crippen LogP contribution in [0.25, 0.3) is 110 Å². The number of hydrogen-bond acceptors (Lipinski definition) is 6. The summed E-state index contributed by atoms with van der Waals surface area (Å²) in [6.07, 6.45) is 0. The maximum atomic E-state index is 6.53. The molecule has 3 heterocycles. The van der Waals surface area contributed by atoms with Crippen molar-refractivity contribution in [2.45, 2.75) is 0 Å². The highest BCUT2D eigenvalue weighted by atomic mass is 32.1. The standard InChI is InChI=1S/C48H28N4OS/c1-2-11-29(12-3-1)34-17-10-18-35(25-34)45-50-46(36-23-21-30-13-4-6-15-32(30)26-36)52-47(51-45)43-42-38-19-8-9-20-40(38)53-41(42)28-39-44(43)54-48(49-39)37-24-22-31-14-5-7-16-33(31)27-37/h1-28H. The van der Waals surface area contributed by atoms with E-state index in [1.54, 1.807) is 11.3 Å². The Balaban J connectivity index is 1.20. The molecule has 11 aromatic rings. The van der Waals surface area contributed by atoms with Crippen LogP contribution in [-0.4, -0.2) is 19.9 Å². The van der Waals surface area contributed by atoms with Crippen LogP contribution in [0.2, 0.25) is 0 Å². The van der Waals surface area contributed by atoms with Gasteiger partial charge < -0.3 is 4.42 Å². The van der Waals surface area contributed by atoms with Crippen LogP contribution in [-0.2, 0) is 0 Å². The quantitative estimate of drug-likeness (QED) is 0.178. The molecule has 11 rings (SSSR count). The molecule has 0 unspecified atom stereocenters. The van der Waals surface area contributed by atoms with Crippen LogP contribution >= 0.6 is 11.3 Å². The maximum absolute atomic E-state index is 6.53. The minimum absolute atomic E-state index is 0.573. The van der Waals surface area contributed by atoms with Gasteiger partial charge in [-0.15, -0.1) is 11.3 Å². The Morgan fingerprint density at radius 2 is 0.981 bits per heavy atom. The number of nitrogens with zero attached hydrogens (tertiary/aromatic N) is 4. The second kappa shape index (κ2) is 12.3. The van der Waals surface area contributed by atoms with E-state index in [0.717, 1.165) is 81.3 Å². The molecule has 8 aromatic carbocycles. The topological polar surface area (TPSA) is 64.7 Å². The van der Waals surface area contributed by atoms with Gasteiger partial charge in [-0.05, 0) is 56.9 Å². The van der Waals surface area contributed by atoms with Crippen molar-refractivity contribution < 1.29 is 4.42 Å². The van der Waals surface area contributed by atoms with Crippen LogP contribution in [0.4, 0.5) is 0 Å². The number of fused-ring (bicyclic) bond motifs is 6. The van der Waals surface area contributed by atoms with Crippen molar-refractivity contribution in [2.24, 2.45) is 0 Å². The molecule has 0 bridgehead atoms. The zero-order valence-electron chi connectivity index (χ0n) is 28.8. The van der Waals surface area contributed by atoms with E-state index in [1.165, 1.54) is 10.8 Å². The number of thiazole rings is 1. The van der Waals surface area contributed by atoms with Gasteiger partial charge in [0.15, 0.2) is 17.5 Å². The average Bonchev–Trinajstić information content (AvgIpc) is 3.84. The molecular weight excluding hydrogens is 681 g/mol. The van der Waals surface area contributed by atoms with Crippen molar-refractivity contribution in [3.05, 3.63) is 170 Å². The predicted molar refractivity (Wildman–Crippen MR) is 222 cm³/mol. The molecule has 0 aliphatic carbocycles.